The highest BCUT2D eigenvalue weighted by Crippen LogP contribution is 2.23. The fourth-order valence-electron chi connectivity index (χ4n) is 3.47. The van der Waals surface area contributed by atoms with Gasteiger partial charge in [0.1, 0.15) is 5.76 Å². The zero-order chi connectivity index (χ0) is 20.5. The molecule has 0 radical (unpaired) electrons. The average molecular weight is 415 g/mol. The molecule has 3 aromatic heterocycles. The molecular formula is C23H17N3O3S. The summed E-state index contributed by atoms with van der Waals surface area (Å²) in [6, 6.07) is 18.5. The van der Waals surface area contributed by atoms with Crippen molar-refractivity contribution in [3.8, 4) is 0 Å². The van der Waals surface area contributed by atoms with Crippen LogP contribution in [0.5, 0.6) is 0 Å². The van der Waals surface area contributed by atoms with Gasteiger partial charge in [0.2, 0.25) is 0 Å². The van der Waals surface area contributed by atoms with E-state index in [0.717, 1.165) is 10.9 Å². The van der Waals surface area contributed by atoms with E-state index >= 15 is 0 Å². The summed E-state index contributed by atoms with van der Waals surface area (Å²) in [5, 5.41) is 1.92. The Labute approximate surface area is 175 Å². The predicted molar refractivity (Wildman–Crippen MR) is 117 cm³/mol. The van der Waals surface area contributed by atoms with Crippen LogP contribution in [0.1, 0.15) is 16.1 Å². The normalized spacial score (nSPS) is 11.3. The highest BCUT2D eigenvalue weighted by atomic mass is 32.2. The lowest BCUT2D eigenvalue weighted by atomic mass is 10.1. The fraction of sp³-hybridized carbons (Fsp3) is 0.0870. The van der Waals surface area contributed by atoms with Crippen molar-refractivity contribution in [1.82, 2.24) is 14.5 Å². The maximum Gasteiger partial charge on any atom is 0.262 e. The van der Waals surface area contributed by atoms with Gasteiger partial charge < -0.3 is 9.40 Å². The minimum absolute atomic E-state index is 0.0237. The molecule has 3 heterocycles. The Bertz CT molecular complexity index is 1420. The number of aromatic amines is 1. The number of carbonyl (C=O) groups excluding carboxylic acids is 1. The van der Waals surface area contributed by atoms with E-state index in [1.807, 2.05) is 42.5 Å². The Morgan fingerprint density at radius 1 is 1.03 bits per heavy atom. The molecule has 0 saturated heterocycles. The zero-order valence-electron chi connectivity index (χ0n) is 15.9. The van der Waals surface area contributed by atoms with Crippen LogP contribution < -0.4 is 5.56 Å². The Morgan fingerprint density at radius 2 is 1.83 bits per heavy atom. The molecule has 0 unspecified atom stereocenters. The number of H-pyrrole nitrogens is 1. The molecule has 2 aromatic carbocycles. The molecule has 0 saturated carbocycles. The van der Waals surface area contributed by atoms with Gasteiger partial charge in [-0.25, -0.2) is 4.98 Å². The van der Waals surface area contributed by atoms with Crippen LogP contribution >= 0.6 is 11.8 Å². The van der Waals surface area contributed by atoms with Crippen molar-refractivity contribution in [3.63, 3.8) is 0 Å². The summed E-state index contributed by atoms with van der Waals surface area (Å²) in [4.78, 5) is 33.8. The first-order chi connectivity index (χ1) is 14.7. The lowest BCUT2D eigenvalue weighted by Gasteiger charge is -2.11. The van der Waals surface area contributed by atoms with Crippen LogP contribution in [0.3, 0.4) is 0 Å². The zero-order valence-corrected chi connectivity index (χ0v) is 16.7. The number of furan rings is 1. The van der Waals surface area contributed by atoms with E-state index in [1.54, 1.807) is 35.2 Å². The summed E-state index contributed by atoms with van der Waals surface area (Å²) < 4.78 is 6.99. The number of hydrogen-bond donors (Lipinski definition) is 1. The van der Waals surface area contributed by atoms with Crippen LogP contribution in [-0.4, -0.2) is 26.1 Å². The molecule has 148 valence electrons. The van der Waals surface area contributed by atoms with Gasteiger partial charge in [-0.15, -0.1) is 0 Å². The van der Waals surface area contributed by atoms with Crippen molar-refractivity contribution in [2.24, 2.45) is 0 Å². The maximum atomic E-state index is 13.1. The number of aromatic nitrogens is 3. The van der Waals surface area contributed by atoms with Crippen molar-refractivity contribution in [3.05, 3.63) is 94.8 Å². The molecule has 0 fully saturated rings. The first-order valence-electron chi connectivity index (χ1n) is 9.45. The number of para-hydroxylation sites is 2. The topological polar surface area (TPSA) is 80.9 Å². The lowest BCUT2D eigenvalue weighted by Crippen LogP contribution is -2.24. The van der Waals surface area contributed by atoms with Crippen molar-refractivity contribution in [2.45, 2.75) is 11.7 Å². The standard InChI is InChI=1S/C23H17N3O3S/c27-21(18-12-24-19-9-3-1-7-16(18)19)14-30-23-25-20-10-4-2-8-17(20)22(28)26(23)13-15-6-5-11-29-15/h1-12,24H,13-14H2. The van der Waals surface area contributed by atoms with Gasteiger partial charge in [-0.3, -0.25) is 14.2 Å². The largest absolute Gasteiger partial charge is 0.467 e. The van der Waals surface area contributed by atoms with Crippen molar-refractivity contribution in [1.29, 1.82) is 0 Å². The Morgan fingerprint density at radius 3 is 2.67 bits per heavy atom. The third-order valence-electron chi connectivity index (χ3n) is 4.94. The first-order valence-corrected chi connectivity index (χ1v) is 10.4. The van der Waals surface area contributed by atoms with Crippen molar-refractivity contribution < 1.29 is 9.21 Å². The number of ketones is 1. The third-order valence-corrected chi connectivity index (χ3v) is 5.92. The monoisotopic (exact) mass is 415 g/mol. The van der Waals surface area contributed by atoms with E-state index in [0.29, 0.717) is 27.4 Å². The number of fused-ring (bicyclic) bond motifs is 2. The molecule has 0 bridgehead atoms. The van der Waals surface area contributed by atoms with E-state index in [9.17, 15) is 9.59 Å². The molecule has 1 N–H and O–H groups in total. The number of benzene rings is 2. The molecule has 0 spiro atoms. The van der Waals surface area contributed by atoms with Gasteiger partial charge in [-0.1, -0.05) is 42.1 Å². The quantitative estimate of drug-likeness (QED) is 0.251. The molecule has 6 nitrogen and oxygen atoms in total. The number of thioether (sulfide) groups is 1. The fourth-order valence-corrected chi connectivity index (χ4v) is 4.35. The van der Waals surface area contributed by atoms with Crippen molar-refractivity contribution >= 4 is 39.4 Å². The molecule has 5 aromatic rings. The summed E-state index contributed by atoms with van der Waals surface area (Å²) in [7, 11) is 0. The van der Waals surface area contributed by atoms with Gasteiger partial charge in [-0.05, 0) is 30.3 Å². The molecule has 0 amide bonds. The van der Waals surface area contributed by atoms with E-state index < -0.39 is 0 Å². The van der Waals surface area contributed by atoms with Crippen molar-refractivity contribution in [2.75, 3.05) is 5.75 Å². The Kier molecular flexibility index (Phi) is 4.72. The van der Waals surface area contributed by atoms with Crippen LogP contribution in [-0.2, 0) is 6.54 Å². The summed E-state index contributed by atoms with van der Waals surface area (Å²) in [5.41, 5.74) is 2.02. The van der Waals surface area contributed by atoms with Gasteiger partial charge in [0.15, 0.2) is 10.9 Å². The predicted octanol–water partition coefficient (Wildman–Crippen LogP) is 4.49. The molecule has 0 aliphatic carbocycles. The maximum absolute atomic E-state index is 13.1. The van der Waals surface area contributed by atoms with E-state index in [2.05, 4.69) is 9.97 Å². The number of nitrogens with one attached hydrogen (secondary N) is 1. The molecule has 5 rings (SSSR count). The van der Waals surface area contributed by atoms with Crippen LogP contribution in [0.25, 0.3) is 21.8 Å². The summed E-state index contributed by atoms with van der Waals surface area (Å²) >= 11 is 1.26. The van der Waals surface area contributed by atoms with E-state index in [-0.39, 0.29) is 23.6 Å². The molecule has 0 aliphatic rings. The SMILES string of the molecule is O=C(CSc1nc2ccccc2c(=O)n1Cc1ccco1)c1c[nH]c2ccccc12. The van der Waals surface area contributed by atoms with E-state index in [1.165, 1.54) is 11.8 Å². The molecule has 30 heavy (non-hydrogen) atoms. The van der Waals surface area contributed by atoms with Crippen LogP contribution in [0.15, 0.2) is 87.5 Å². The highest BCUT2D eigenvalue weighted by Gasteiger charge is 2.17. The van der Waals surface area contributed by atoms with Gasteiger partial charge in [0.25, 0.3) is 5.56 Å². The summed E-state index contributed by atoms with van der Waals surface area (Å²) in [6.07, 6.45) is 3.31. The minimum Gasteiger partial charge on any atom is -0.467 e. The number of rotatable bonds is 6. The molecule has 7 heteroatoms. The summed E-state index contributed by atoms with van der Waals surface area (Å²) in [6.45, 7) is 0.257. The second-order valence-corrected chi connectivity index (χ2v) is 7.78. The van der Waals surface area contributed by atoms with Gasteiger partial charge in [0, 0.05) is 22.7 Å². The number of hydrogen-bond acceptors (Lipinski definition) is 5. The van der Waals surface area contributed by atoms with E-state index in [4.69, 9.17) is 4.42 Å². The second-order valence-electron chi connectivity index (χ2n) is 6.84. The Balaban J connectivity index is 1.50. The van der Waals surface area contributed by atoms with Gasteiger partial charge in [0.05, 0.1) is 29.5 Å². The molecule has 0 atom stereocenters. The first kappa shape index (κ1) is 18.4. The second kappa shape index (κ2) is 7.68. The van der Waals surface area contributed by atoms with Crippen LogP contribution in [0.4, 0.5) is 0 Å². The van der Waals surface area contributed by atoms with Gasteiger partial charge >= 0.3 is 0 Å². The summed E-state index contributed by atoms with van der Waals surface area (Å²) in [5.74, 6) is 0.800. The minimum atomic E-state index is -0.154. The third kappa shape index (κ3) is 3.33. The molecule has 0 aliphatic heterocycles. The van der Waals surface area contributed by atoms with Crippen LogP contribution in [0, 0.1) is 0 Å². The number of carbonyl (C=O) groups is 1. The Hall–Kier alpha value is -3.58. The number of nitrogens with zero attached hydrogens (tertiary/aromatic N) is 2. The van der Waals surface area contributed by atoms with Gasteiger partial charge in [-0.2, -0.15) is 0 Å². The highest BCUT2D eigenvalue weighted by molar-refractivity contribution is 7.99. The molecular weight excluding hydrogens is 398 g/mol. The smallest absolute Gasteiger partial charge is 0.262 e. The lowest BCUT2D eigenvalue weighted by molar-refractivity contribution is 0.102. The van der Waals surface area contributed by atoms with Crippen LogP contribution in [0.2, 0.25) is 0 Å². The number of Topliss-reactive ketones (excluding diaryl/α,β-unsaturated/α-hetero) is 1. The average Bonchev–Trinajstić information content (AvgIpc) is 3.44.